The van der Waals surface area contributed by atoms with Crippen molar-refractivity contribution in [3.05, 3.63) is 29.3 Å². The molecule has 94 valence electrons. The van der Waals surface area contributed by atoms with E-state index >= 15 is 0 Å². The summed E-state index contributed by atoms with van der Waals surface area (Å²) in [5.74, 6) is 1.17. The normalized spacial score (nSPS) is 19.8. The van der Waals surface area contributed by atoms with Crippen LogP contribution in [0.25, 0.3) is 0 Å². The summed E-state index contributed by atoms with van der Waals surface area (Å²) in [4.78, 5) is 1.34. The summed E-state index contributed by atoms with van der Waals surface area (Å²) in [5.41, 5.74) is 1.64. The Labute approximate surface area is 108 Å². The lowest BCUT2D eigenvalue weighted by Gasteiger charge is -2.33. The molecule has 0 spiro atoms. The molecule has 3 heteroatoms. The van der Waals surface area contributed by atoms with Crippen molar-refractivity contribution in [3.8, 4) is 0 Å². The first-order chi connectivity index (χ1) is 8.09. The molecule has 2 unspecified atom stereocenters. The Hall–Kier alpha value is -0.510. The average molecular weight is 251 g/mol. The first-order valence-corrected chi connectivity index (χ1v) is 7.24. The summed E-state index contributed by atoms with van der Waals surface area (Å²) in [6.45, 7) is 4.00. The van der Waals surface area contributed by atoms with E-state index in [1.165, 1.54) is 16.2 Å². The van der Waals surface area contributed by atoms with E-state index in [-0.39, 0.29) is 6.04 Å². The predicted molar refractivity (Wildman–Crippen MR) is 73.6 cm³/mol. The Balaban J connectivity index is 2.32. The van der Waals surface area contributed by atoms with Crippen molar-refractivity contribution < 1.29 is 5.11 Å². The molecule has 0 aliphatic carbocycles. The third kappa shape index (κ3) is 2.37. The summed E-state index contributed by atoms with van der Waals surface area (Å²) in [6, 6.07) is 6.49. The smallest absolute Gasteiger partial charge is 0.102 e. The number of aliphatic hydroxyl groups is 1. The molecule has 1 aliphatic heterocycles. The van der Waals surface area contributed by atoms with E-state index in [4.69, 9.17) is 0 Å². The molecule has 0 fully saturated rings. The lowest BCUT2D eigenvalue weighted by atomic mass is 9.86. The van der Waals surface area contributed by atoms with Crippen molar-refractivity contribution in [2.45, 2.75) is 43.2 Å². The molecule has 2 atom stereocenters. The second kappa shape index (κ2) is 5.01. The number of nitrogens with one attached hydrogen (secondary N) is 1. The van der Waals surface area contributed by atoms with Crippen molar-refractivity contribution in [1.82, 2.24) is 5.32 Å². The molecule has 0 saturated heterocycles. The topological polar surface area (TPSA) is 32.3 Å². The average Bonchev–Trinajstić information content (AvgIpc) is 2.77. The van der Waals surface area contributed by atoms with Gasteiger partial charge >= 0.3 is 0 Å². The van der Waals surface area contributed by atoms with Gasteiger partial charge in [0.1, 0.15) is 5.60 Å². The minimum atomic E-state index is -0.804. The first kappa shape index (κ1) is 12.9. The van der Waals surface area contributed by atoms with Gasteiger partial charge in [-0.3, -0.25) is 0 Å². The fourth-order valence-corrected chi connectivity index (χ4v) is 3.67. The fraction of sp³-hybridized carbons (Fsp3) is 0.571. The highest BCUT2D eigenvalue weighted by molar-refractivity contribution is 7.99. The van der Waals surface area contributed by atoms with E-state index < -0.39 is 5.60 Å². The number of hydrogen-bond acceptors (Lipinski definition) is 3. The molecule has 0 radical (unpaired) electrons. The summed E-state index contributed by atoms with van der Waals surface area (Å²) >= 11 is 1.89. The van der Waals surface area contributed by atoms with E-state index in [9.17, 15) is 5.11 Å². The van der Waals surface area contributed by atoms with Gasteiger partial charge in [0.25, 0.3) is 0 Å². The van der Waals surface area contributed by atoms with Gasteiger partial charge in [-0.25, -0.2) is 0 Å². The molecule has 2 rings (SSSR count). The standard InChI is InChI=1S/C14H21NOS/c1-4-13(15-3)14(2,16)11-6-5-10-7-8-17-12(10)9-11/h5-6,9,13,15-16H,4,7-8H2,1-3H3. The van der Waals surface area contributed by atoms with E-state index in [0.29, 0.717) is 0 Å². The maximum Gasteiger partial charge on any atom is 0.102 e. The van der Waals surface area contributed by atoms with Crippen molar-refractivity contribution >= 4 is 11.8 Å². The first-order valence-electron chi connectivity index (χ1n) is 6.25. The van der Waals surface area contributed by atoms with Gasteiger partial charge < -0.3 is 10.4 Å². The van der Waals surface area contributed by atoms with Crippen LogP contribution in [0.2, 0.25) is 0 Å². The van der Waals surface area contributed by atoms with Crippen LogP contribution >= 0.6 is 11.8 Å². The third-order valence-electron chi connectivity index (χ3n) is 3.72. The Morgan fingerprint density at radius 3 is 2.94 bits per heavy atom. The molecule has 0 amide bonds. The number of likely N-dealkylation sites (N-methyl/N-ethyl adjacent to an activating group) is 1. The molecular weight excluding hydrogens is 230 g/mol. The Morgan fingerprint density at radius 2 is 2.29 bits per heavy atom. The third-order valence-corrected chi connectivity index (χ3v) is 4.82. The highest BCUT2D eigenvalue weighted by atomic mass is 32.2. The second-order valence-electron chi connectivity index (χ2n) is 4.82. The van der Waals surface area contributed by atoms with E-state index in [0.717, 1.165) is 18.4 Å². The largest absolute Gasteiger partial charge is 0.384 e. The van der Waals surface area contributed by atoms with Crippen molar-refractivity contribution in [1.29, 1.82) is 0 Å². The van der Waals surface area contributed by atoms with Crippen LogP contribution in [-0.2, 0) is 12.0 Å². The van der Waals surface area contributed by atoms with Crippen LogP contribution in [0.4, 0.5) is 0 Å². The molecule has 1 aromatic carbocycles. The van der Waals surface area contributed by atoms with Gasteiger partial charge in [0.2, 0.25) is 0 Å². The Bertz CT molecular complexity index is 399. The molecule has 0 saturated carbocycles. The maximum atomic E-state index is 10.7. The maximum absolute atomic E-state index is 10.7. The molecule has 2 N–H and O–H groups in total. The number of thioether (sulfide) groups is 1. The fourth-order valence-electron chi connectivity index (χ4n) is 2.57. The molecule has 1 heterocycles. The quantitative estimate of drug-likeness (QED) is 0.862. The number of fused-ring (bicyclic) bond motifs is 1. The van der Waals surface area contributed by atoms with Crippen molar-refractivity contribution in [3.63, 3.8) is 0 Å². The minimum Gasteiger partial charge on any atom is -0.384 e. The van der Waals surface area contributed by atoms with Crippen LogP contribution in [0, 0.1) is 0 Å². The van der Waals surface area contributed by atoms with Crippen molar-refractivity contribution in [2.24, 2.45) is 0 Å². The van der Waals surface area contributed by atoms with Gasteiger partial charge in [-0.15, -0.1) is 11.8 Å². The van der Waals surface area contributed by atoms with Crippen LogP contribution in [0.1, 0.15) is 31.4 Å². The van der Waals surface area contributed by atoms with Gasteiger partial charge in [-0.1, -0.05) is 19.1 Å². The van der Waals surface area contributed by atoms with E-state index in [2.05, 4.69) is 30.4 Å². The highest BCUT2D eigenvalue weighted by Crippen LogP contribution is 2.35. The van der Waals surface area contributed by atoms with Crippen LogP contribution in [0.15, 0.2) is 23.1 Å². The lowest BCUT2D eigenvalue weighted by Crippen LogP contribution is -2.44. The van der Waals surface area contributed by atoms with Crippen LogP contribution in [0.5, 0.6) is 0 Å². The number of rotatable bonds is 4. The number of benzene rings is 1. The molecular formula is C14H21NOS. The summed E-state index contributed by atoms with van der Waals surface area (Å²) in [7, 11) is 1.91. The summed E-state index contributed by atoms with van der Waals surface area (Å²) in [6.07, 6.45) is 2.07. The summed E-state index contributed by atoms with van der Waals surface area (Å²) < 4.78 is 0. The molecule has 1 aliphatic rings. The van der Waals surface area contributed by atoms with Crippen molar-refractivity contribution in [2.75, 3.05) is 12.8 Å². The zero-order valence-electron chi connectivity index (χ0n) is 10.8. The van der Waals surface area contributed by atoms with Gasteiger partial charge in [0.15, 0.2) is 0 Å². The Kier molecular flexibility index (Phi) is 3.81. The van der Waals surface area contributed by atoms with E-state index in [1.807, 2.05) is 25.7 Å². The monoisotopic (exact) mass is 251 g/mol. The van der Waals surface area contributed by atoms with E-state index in [1.54, 1.807) is 0 Å². The Morgan fingerprint density at radius 1 is 1.53 bits per heavy atom. The molecule has 1 aromatic rings. The highest BCUT2D eigenvalue weighted by Gasteiger charge is 2.32. The zero-order chi connectivity index (χ0) is 12.5. The molecule has 0 aromatic heterocycles. The lowest BCUT2D eigenvalue weighted by molar-refractivity contribution is 0.0162. The van der Waals surface area contributed by atoms with Gasteiger partial charge in [0, 0.05) is 16.7 Å². The number of aryl methyl sites for hydroxylation is 1. The molecule has 2 nitrogen and oxygen atoms in total. The summed E-state index contributed by atoms with van der Waals surface area (Å²) in [5, 5.41) is 13.9. The molecule has 0 bridgehead atoms. The zero-order valence-corrected chi connectivity index (χ0v) is 11.6. The van der Waals surface area contributed by atoms with Gasteiger partial charge in [-0.2, -0.15) is 0 Å². The predicted octanol–water partition coefficient (Wildman–Crippen LogP) is 2.54. The van der Waals surface area contributed by atoms with Gasteiger partial charge in [-0.05, 0) is 44.0 Å². The SMILES string of the molecule is CCC(NC)C(C)(O)c1ccc2c(c1)SCC2. The van der Waals surface area contributed by atoms with Crippen LogP contribution in [0.3, 0.4) is 0 Å². The minimum absolute atomic E-state index is 0.0898. The number of hydrogen-bond donors (Lipinski definition) is 2. The molecule has 17 heavy (non-hydrogen) atoms. The van der Waals surface area contributed by atoms with Crippen LogP contribution in [-0.4, -0.2) is 23.9 Å². The van der Waals surface area contributed by atoms with Crippen LogP contribution < -0.4 is 5.32 Å². The second-order valence-corrected chi connectivity index (χ2v) is 5.95. The van der Waals surface area contributed by atoms with Gasteiger partial charge in [0.05, 0.1) is 0 Å².